The Labute approximate surface area is 172 Å². The van der Waals surface area contributed by atoms with Gasteiger partial charge in [-0.1, -0.05) is 44.0 Å². The minimum absolute atomic E-state index is 0.0230. The average molecular weight is 399 g/mol. The van der Waals surface area contributed by atoms with Crippen molar-refractivity contribution in [1.29, 1.82) is 0 Å². The van der Waals surface area contributed by atoms with Crippen molar-refractivity contribution in [2.75, 3.05) is 19.6 Å². The highest BCUT2D eigenvalue weighted by Crippen LogP contribution is 2.38. The van der Waals surface area contributed by atoms with Crippen molar-refractivity contribution in [2.24, 2.45) is 0 Å². The molecular formula is C23H30N2O2S. The van der Waals surface area contributed by atoms with Gasteiger partial charge >= 0.3 is 0 Å². The molecule has 5 heteroatoms. The van der Waals surface area contributed by atoms with Gasteiger partial charge in [0.1, 0.15) is 0 Å². The Morgan fingerprint density at radius 3 is 2.68 bits per heavy atom. The van der Waals surface area contributed by atoms with Crippen LogP contribution < -0.4 is 0 Å². The Morgan fingerprint density at radius 2 is 1.96 bits per heavy atom. The second-order valence-corrected chi connectivity index (χ2v) is 8.54. The first kappa shape index (κ1) is 20.6. The van der Waals surface area contributed by atoms with E-state index in [9.17, 15) is 9.59 Å². The van der Waals surface area contributed by atoms with Crippen molar-refractivity contribution in [3.05, 3.63) is 57.3 Å². The standard InChI is InChI=1S/C23H30N2O2S/c1-4-5-8-13-24(18(3)26)16-22(27)25-14-11-21-20(12-15-28-21)23(25)19-10-7-6-9-17(19)2/h6-7,9-10,12,15,23H,4-5,8,11,13-14,16H2,1-3H3. The van der Waals surface area contributed by atoms with E-state index in [0.29, 0.717) is 13.1 Å². The Morgan fingerprint density at radius 1 is 1.18 bits per heavy atom. The van der Waals surface area contributed by atoms with Gasteiger partial charge < -0.3 is 9.80 Å². The molecule has 2 aromatic rings. The molecule has 0 saturated heterocycles. The first-order valence-corrected chi connectivity index (χ1v) is 11.1. The highest BCUT2D eigenvalue weighted by Gasteiger charge is 2.34. The number of aryl methyl sites for hydroxylation is 1. The smallest absolute Gasteiger partial charge is 0.242 e. The van der Waals surface area contributed by atoms with Crippen molar-refractivity contribution < 1.29 is 9.59 Å². The SMILES string of the molecule is CCCCCN(CC(=O)N1CCc2sccc2C1c1ccccc1C)C(C)=O. The van der Waals surface area contributed by atoms with Gasteiger partial charge in [-0.05, 0) is 47.9 Å². The van der Waals surface area contributed by atoms with Gasteiger partial charge in [0.25, 0.3) is 0 Å². The molecule has 28 heavy (non-hydrogen) atoms. The lowest BCUT2D eigenvalue weighted by molar-refractivity contribution is -0.140. The molecule has 2 heterocycles. The lowest BCUT2D eigenvalue weighted by atomic mass is 9.90. The largest absolute Gasteiger partial charge is 0.334 e. The maximum Gasteiger partial charge on any atom is 0.242 e. The number of hydrogen-bond donors (Lipinski definition) is 0. The zero-order valence-corrected chi connectivity index (χ0v) is 17.9. The van der Waals surface area contributed by atoms with Crippen LogP contribution in [0.25, 0.3) is 0 Å². The van der Waals surface area contributed by atoms with Gasteiger partial charge in [0.2, 0.25) is 11.8 Å². The maximum atomic E-state index is 13.3. The third kappa shape index (κ3) is 4.46. The number of thiophene rings is 1. The predicted octanol–water partition coefficient (Wildman–Crippen LogP) is 4.57. The molecule has 0 spiro atoms. The van der Waals surface area contributed by atoms with Crippen LogP contribution in [0.5, 0.6) is 0 Å². The van der Waals surface area contributed by atoms with Crippen LogP contribution in [0.4, 0.5) is 0 Å². The number of carbonyl (C=O) groups is 2. The number of unbranched alkanes of at least 4 members (excludes halogenated alkanes) is 2. The molecule has 1 aromatic carbocycles. The van der Waals surface area contributed by atoms with Crippen molar-refractivity contribution >= 4 is 23.2 Å². The van der Waals surface area contributed by atoms with Crippen molar-refractivity contribution in [2.45, 2.75) is 52.5 Å². The number of nitrogens with zero attached hydrogens (tertiary/aromatic N) is 2. The van der Waals surface area contributed by atoms with Crippen molar-refractivity contribution in [1.82, 2.24) is 9.80 Å². The number of hydrogen-bond acceptors (Lipinski definition) is 3. The molecule has 0 fully saturated rings. The minimum Gasteiger partial charge on any atom is -0.334 e. The van der Waals surface area contributed by atoms with E-state index in [2.05, 4.69) is 37.4 Å². The summed E-state index contributed by atoms with van der Waals surface area (Å²) in [6.45, 7) is 7.33. The average Bonchev–Trinajstić information content (AvgIpc) is 3.15. The van der Waals surface area contributed by atoms with Gasteiger partial charge in [-0.15, -0.1) is 11.3 Å². The molecule has 0 aliphatic carbocycles. The van der Waals surface area contributed by atoms with E-state index in [4.69, 9.17) is 0 Å². The van der Waals surface area contributed by atoms with Crippen LogP contribution in [0.15, 0.2) is 35.7 Å². The summed E-state index contributed by atoms with van der Waals surface area (Å²) in [4.78, 5) is 30.4. The first-order chi connectivity index (χ1) is 13.5. The van der Waals surface area contributed by atoms with Crippen LogP contribution in [-0.4, -0.2) is 41.2 Å². The predicted molar refractivity (Wildman–Crippen MR) is 115 cm³/mol. The second kappa shape index (κ2) is 9.37. The van der Waals surface area contributed by atoms with E-state index in [1.807, 2.05) is 17.0 Å². The molecule has 1 atom stereocenters. The molecule has 0 N–H and O–H groups in total. The topological polar surface area (TPSA) is 40.6 Å². The van der Waals surface area contributed by atoms with E-state index in [-0.39, 0.29) is 24.4 Å². The Kier molecular flexibility index (Phi) is 6.89. The first-order valence-electron chi connectivity index (χ1n) is 10.2. The van der Waals surface area contributed by atoms with Crippen LogP contribution in [0.2, 0.25) is 0 Å². The van der Waals surface area contributed by atoms with Crippen molar-refractivity contribution in [3.8, 4) is 0 Å². The fraction of sp³-hybridized carbons (Fsp3) is 0.478. The molecule has 0 saturated carbocycles. The molecule has 1 aliphatic rings. The maximum absolute atomic E-state index is 13.3. The van der Waals surface area contributed by atoms with Crippen LogP contribution in [-0.2, 0) is 16.0 Å². The molecule has 1 aliphatic heterocycles. The van der Waals surface area contributed by atoms with E-state index in [1.54, 1.807) is 23.2 Å². The monoisotopic (exact) mass is 398 g/mol. The fourth-order valence-electron chi connectivity index (χ4n) is 3.97. The fourth-order valence-corrected chi connectivity index (χ4v) is 4.87. The van der Waals surface area contributed by atoms with Crippen LogP contribution in [0, 0.1) is 6.92 Å². The van der Waals surface area contributed by atoms with E-state index in [1.165, 1.54) is 21.6 Å². The molecule has 0 bridgehead atoms. The molecular weight excluding hydrogens is 368 g/mol. The number of rotatable bonds is 7. The summed E-state index contributed by atoms with van der Waals surface area (Å²) in [7, 11) is 0. The number of fused-ring (bicyclic) bond motifs is 1. The van der Waals surface area contributed by atoms with E-state index >= 15 is 0 Å². The number of carbonyl (C=O) groups excluding carboxylic acids is 2. The lowest BCUT2D eigenvalue weighted by Crippen LogP contribution is -2.46. The number of amides is 2. The minimum atomic E-state index is -0.0619. The highest BCUT2D eigenvalue weighted by atomic mass is 32.1. The summed E-state index contributed by atoms with van der Waals surface area (Å²) in [5, 5.41) is 2.12. The Balaban J connectivity index is 1.85. The van der Waals surface area contributed by atoms with E-state index < -0.39 is 0 Å². The van der Waals surface area contributed by atoms with Gasteiger partial charge in [0, 0.05) is 24.9 Å². The molecule has 0 radical (unpaired) electrons. The highest BCUT2D eigenvalue weighted by molar-refractivity contribution is 7.10. The zero-order chi connectivity index (χ0) is 20.1. The summed E-state index contributed by atoms with van der Waals surface area (Å²) in [5.41, 5.74) is 3.60. The molecule has 3 rings (SSSR count). The molecule has 1 unspecified atom stereocenters. The molecule has 1 aromatic heterocycles. The van der Waals surface area contributed by atoms with Gasteiger partial charge in [-0.3, -0.25) is 9.59 Å². The summed E-state index contributed by atoms with van der Waals surface area (Å²) >= 11 is 1.77. The van der Waals surface area contributed by atoms with Gasteiger partial charge in [0.05, 0.1) is 12.6 Å². The van der Waals surface area contributed by atoms with Gasteiger partial charge in [-0.25, -0.2) is 0 Å². The summed E-state index contributed by atoms with van der Waals surface area (Å²) in [6.07, 6.45) is 4.00. The van der Waals surface area contributed by atoms with Gasteiger partial charge in [-0.2, -0.15) is 0 Å². The summed E-state index contributed by atoms with van der Waals surface area (Å²) in [6, 6.07) is 10.4. The van der Waals surface area contributed by atoms with Crippen LogP contribution >= 0.6 is 11.3 Å². The van der Waals surface area contributed by atoms with E-state index in [0.717, 1.165) is 25.7 Å². The quantitative estimate of drug-likeness (QED) is 0.641. The molecule has 2 amide bonds. The summed E-state index contributed by atoms with van der Waals surface area (Å²) in [5.74, 6) is 0.0157. The Bertz CT molecular complexity index is 830. The zero-order valence-electron chi connectivity index (χ0n) is 17.1. The lowest BCUT2D eigenvalue weighted by Gasteiger charge is -2.38. The normalized spacial score (nSPS) is 16.0. The summed E-state index contributed by atoms with van der Waals surface area (Å²) < 4.78 is 0. The Hall–Kier alpha value is -2.14. The van der Waals surface area contributed by atoms with Crippen molar-refractivity contribution in [3.63, 3.8) is 0 Å². The number of benzene rings is 1. The van der Waals surface area contributed by atoms with Crippen LogP contribution in [0.3, 0.4) is 0 Å². The molecule has 4 nitrogen and oxygen atoms in total. The molecule has 150 valence electrons. The second-order valence-electron chi connectivity index (χ2n) is 7.54. The van der Waals surface area contributed by atoms with Gasteiger partial charge in [0.15, 0.2) is 0 Å². The third-order valence-corrected chi connectivity index (χ3v) is 6.57. The van der Waals surface area contributed by atoms with Crippen LogP contribution in [0.1, 0.15) is 60.7 Å². The third-order valence-electron chi connectivity index (χ3n) is 5.57.